The maximum absolute atomic E-state index is 4.46. The minimum absolute atomic E-state index is 0.819. The van der Waals surface area contributed by atoms with Crippen molar-refractivity contribution >= 4 is 27.7 Å². The van der Waals surface area contributed by atoms with Crippen molar-refractivity contribution in [3.63, 3.8) is 0 Å². The molecule has 0 radical (unpaired) electrons. The number of hydrogen-bond donors (Lipinski definition) is 1. The van der Waals surface area contributed by atoms with E-state index in [4.69, 9.17) is 0 Å². The van der Waals surface area contributed by atoms with Crippen molar-refractivity contribution in [3.8, 4) is 0 Å². The summed E-state index contributed by atoms with van der Waals surface area (Å²) in [6.07, 6.45) is 5.46. The summed E-state index contributed by atoms with van der Waals surface area (Å²) in [5.74, 6) is 0.867. The third kappa shape index (κ3) is 3.05. The standard InChI is InChI=1S/C10H11BrN4S/c1-2-3-8-14-7(11)6-9(15-8)16-10-12-4-5-13-10/h4-6H,2-3H2,1H3,(H,12,13). The van der Waals surface area contributed by atoms with Gasteiger partial charge in [0.15, 0.2) is 5.16 Å². The first-order valence-corrected chi connectivity index (χ1v) is 6.59. The largest absolute Gasteiger partial charge is 0.339 e. The second-order valence-corrected chi connectivity index (χ2v) is 5.01. The van der Waals surface area contributed by atoms with Gasteiger partial charge in [-0.3, -0.25) is 0 Å². The van der Waals surface area contributed by atoms with Gasteiger partial charge in [-0.05, 0) is 34.1 Å². The zero-order valence-electron chi connectivity index (χ0n) is 8.77. The van der Waals surface area contributed by atoms with Gasteiger partial charge in [-0.1, -0.05) is 6.92 Å². The van der Waals surface area contributed by atoms with Crippen LogP contribution in [0, 0.1) is 0 Å². The lowest BCUT2D eigenvalue weighted by Gasteiger charge is -2.02. The summed E-state index contributed by atoms with van der Waals surface area (Å²) in [7, 11) is 0. The predicted molar refractivity (Wildman–Crippen MR) is 66.4 cm³/mol. The molecule has 2 aromatic heterocycles. The van der Waals surface area contributed by atoms with Crippen molar-refractivity contribution in [2.24, 2.45) is 0 Å². The molecule has 84 valence electrons. The van der Waals surface area contributed by atoms with E-state index in [9.17, 15) is 0 Å². The molecule has 0 aromatic carbocycles. The number of nitrogens with one attached hydrogen (secondary N) is 1. The van der Waals surface area contributed by atoms with E-state index in [2.05, 4.69) is 42.8 Å². The fourth-order valence-corrected chi connectivity index (χ4v) is 2.57. The summed E-state index contributed by atoms with van der Waals surface area (Å²) < 4.78 is 0.819. The van der Waals surface area contributed by atoms with Gasteiger partial charge in [0.1, 0.15) is 15.5 Å². The molecule has 0 aliphatic rings. The van der Waals surface area contributed by atoms with Crippen LogP contribution in [0.3, 0.4) is 0 Å². The summed E-state index contributed by atoms with van der Waals surface area (Å²) in [4.78, 5) is 16.0. The van der Waals surface area contributed by atoms with E-state index in [1.165, 1.54) is 11.8 Å². The average molecular weight is 299 g/mol. The highest BCUT2D eigenvalue weighted by atomic mass is 79.9. The molecular weight excluding hydrogens is 288 g/mol. The first-order valence-electron chi connectivity index (χ1n) is 4.98. The summed E-state index contributed by atoms with van der Waals surface area (Å²) in [6.45, 7) is 2.11. The molecule has 0 spiro atoms. The molecule has 2 rings (SSSR count). The fraction of sp³-hybridized carbons (Fsp3) is 0.300. The first-order chi connectivity index (χ1) is 7.78. The molecule has 0 fully saturated rings. The molecule has 0 aliphatic carbocycles. The zero-order valence-corrected chi connectivity index (χ0v) is 11.2. The van der Waals surface area contributed by atoms with Gasteiger partial charge in [0, 0.05) is 24.9 Å². The van der Waals surface area contributed by atoms with Gasteiger partial charge >= 0.3 is 0 Å². The SMILES string of the molecule is CCCc1nc(Br)cc(Sc2ncc[nH]2)n1. The minimum Gasteiger partial charge on any atom is -0.339 e. The van der Waals surface area contributed by atoms with Crippen LogP contribution in [-0.2, 0) is 6.42 Å². The van der Waals surface area contributed by atoms with Crippen molar-refractivity contribution in [2.45, 2.75) is 29.9 Å². The van der Waals surface area contributed by atoms with E-state index >= 15 is 0 Å². The van der Waals surface area contributed by atoms with Crippen LogP contribution in [0.5, 0.6) is 0 Å². The third-order valence-electron chi connectivity index (χ3n) is 1.87. The van der Waals surface area contributed by atoms with Crippen LogP contribution in [0.4, 0.5) is 0 Å². The Morgan fingerprint density at radius 3 is 3.00 bits per heavy atom. The smallest absolute Gasteiger partial charge is 0.171 e. The lowest BCUT2D eigenvalue weighted by atomic mass is 10.3. The van der Waals surface area contributed by atoms with E-state index in [0.717, 1.165) is 33.5 Å². The second-order valence-electron chi connectivity index (χ2n) is 3.19. The van der Waals surface area contributed by atoms with Gasteiger partial charge in [-0.25, -0.2) is 15.0 Å². The van der Waals surface area contributed by atoms with Gasteiger partial charge in [-0.2, -0.15) is 0 Å². The number of nitrogens with zero attached hydrogens (tertiary/aromatic N) is 3. The highest BCUT2D eigenvalue weighted by Crippen LogP contribution is 2.24. The molecule has 2 aromatic rings. The number of hydrogen-bond acceptors (Lipinski definition) is 4. The molecule has 1 N–H and O–H groups in total. The van der Waals surface area contributed by atoms with Crippen molar-refractivity contribution < 1.29 is 0 Å². The number of rotatable bonds is 4. The maximum Gasteiger partial charge on any atom is 0.171 e. The Kier molecular flexibility index (Phi) is 3.95. The number of H-pyrrole nitrogens is 1. The summed E-state index contributed by atoms with van der Waals surface area (Å²) in [5, 5.41) is 1.74. The molecule has 0 unspecified atom stereocenters. The Bertz CT molecular complexity index is 458. The van der Waals surface area contributed by atoms with E-state index in [-0.39, 0.29) is 0 Å². The number of imidazole rings is 1. The van der Waals surface area contributed by atoms with Crippen LogP contribution >= 0.6 is 27.7 Å². The molecule has 0 bridgehead atoms. The molecule has 16 heavy (non-hydrogen) atoms. The Balaban J connectivity index is 2.20. The van der Waals surface area contributed by atoms with E-state index in [1.807, 2.05) is 6.07 Å². The van der Waals surface area contributed by atoms with Crippen LogP contribution in [-0.4, -0.2) is 19.9 Å². The lowest BCUT2D eigenvalue weighted by molar-refractivity contribution is 0.802. The van der Waals surface area contributed by atoms with Gasteiger partial charge < -0.3 is 4.98 Å². The third-order valence-corrected chi connectivity index (χ3v) is 3.11. The summed E-state index contributed by atoms with van der Waals surface area (Å²) in [6, 6.07) is 1.90. The van der Waals surface area contributed by atoms with Gasteiger partial charge in [0.25, 0.3) is 0 Å². The minimum atomic E-state index is 0.819. The Labute approximate surface area is 106 Å². The predicted octanol–water partition coefficient (Wildman–Crippen LogP) is 3.07. The number of aryl methyl sites for hydroxylation is 1. The lowest BCUT2D eigenvalue weighted by Crippen LogP contribution is -1.96. The molecule has 0 atom stereocenters. The van der Waals surface area contributed by atoms with Crippen molar-refractivity contribution in [1.29, 1.82) is 0 Å². The highest BCUT2D eigenvalue weighted by molar-refractivity contribution is 9.10. The average Bonchev–Trinajstić information content (AvgIpc) is 2.70. The molecular formula is C10H11BrN4S. The highest BCUT2D eigenvalue weighted by Gasteiger charge is 2.05. The van der Waals surface area contributed by atoms with E-state index in [1.54, 1.807) is 12.4 Å². The van der Waals surface area contributed by atoms with E-state index < -0.39 is 0 Å². The Morgan fingerprint density at radius 1 is 1.44 bits per heavy atom. The molecule has 0 amide bonds. The summed E-state index contributed by atoms with van der Waals surface area (Å²) >= 11 is 4.89. The topological polar surface area (TPSA) is 54.5 Å². The van der Waals surface area contributed by atoms with Crippen molar-refractivity contribution in [2.75, 3.05) is 0 Å². The maximum atomic E-state index is 4.46. The Hall–Kier alpha value is -0.880. The zero-order chi connectivity index (χ0) is 11.4. The van der Waals surface area contributed by atoms with E-state index in [0.29, 0.717) is 0 Å². The number of halogens is 1. The number of aromatic amines is 1. The molecule has 0 saturated carbocycles. The quantitative estimate of drug-likeness (QED) is 0.882. The first kappa shape index (κ1) is 11.6. The normalized spacial score (nSPS) is 10.6. The van der Waals surface area contributed by atoms with Crippen LogP contribution in [0.15, 0.2) is 33.2 Å². The fourth-order valence-electron chi connectivity index (χ4n) is 1.24. The van der Waals surface area contributed by atoms with Gasteiger partial charge in [-0.15, -0.1) is 0 Å². The monoisotopic (exact) mass is 298 g/mol. The van der Waals surface area contributed by atoms with Crippen LogP contribution < -0.4 is 0 Å². The summed E-state index contributed by atoms with van der Waals surface area (Å²) in [5.41, 5.74) is 0. The van der Waals surface area contributed by atoms with Crippen LogP contribution in [0.2, 0.25) is 0 Å². The molecule has 0 aliphatic heterocycles. The molecule has 0 saturated heterocycles. The second kappa shape index (κ2) is 5.45. The Morgan fingerprint density at radius 2 is 2.31 bits per heavy atom. The van der Waals surface area contributed by atoms with Crippen molar-refractivity contribution in [3.05, 3.63) is 28.9 Å². The van der Waals surface area contributed by atoms with Crippen LogP contribution in [0.1, 0.15) is 19.2 Å². The van der Waals surface area contributed by atoms with Crippen LogP contribution in [0.25, 0.3) is 0 Å². The van der Waals surface area contributed by atoms with Gasteiger partial charge in [0.05, 0.1) is 0 Å². The number of aromatic nitrogens is 4. The van der Waals surface area contributed by atoms with Gasteiger partial charge in [0.2, 0.25) is 0 Å². The molecule has 2 heterocycles. The molecule has 4 nitrogen and oxygen atoms in total. The van der Waals surface area contributed by atoms with Crippen molar-refractivity contribution in [1.82, 2.24) is 19.9 Å². The molecule has 6 heteroatoms.